The van der Waals surface area contributed by atoms with E-state index in [1.54, 1.807) is 12.1 Å². The molecule has 0 aliphatic rings. The topological polar surface area (TPSA) is 77.4 Å². The molecule has 0 aliphatic carbocycles. The van der Waals surface area contributed by atoms with E-state index in [4.69, 9.17) is 9.47 Å². The van der Waals surface area contributed by atoms with E-state index in [9.17, 15) is 10.1 Å². The van der Waals surface area contributed by atoms with E-state index < -0.39 is 5.92 Å². The van der Waals surface area contributed by atoms with Gasteiger partial charge in [-0.3, -0.25) is 10.1 Å². The zero-order valence-corrected chi connectivity index (χ0v) is 15.2. The number of rotatable bonds is 9. The van der Waals surface area contributed by atoms with E-state index in [0.29, 0.717) is 24.7 Å². The van der Waals surface area contributed by atoms with Crippen molar-refractivity contribution < 1.29 is 14.4 Å². The molecule has 0 radical (unpaired) electrons. The van der Waals surface area contributed by atoms with Crippen molar-refractivity contribution in [3.8, 4) is 11.5 Å². The van der Waals surface area contributed by atoms with Gasteiger partial charge in [0.15, 0.2) is 11.5 Å². The number of nitrogens with one attached hydrogen (secondary N) is 1. The van der Waals surface area contributed by atoms with Crippen LogP contribution in [0, 0.1) is 10.1 Å². The maximum absolute atomic E-state index is 11.4. The van der Waals surface area contributed by atoms with Gasteiger partial charge in [-0.1, -0.05) is 36.9 Å². The zero-order chi connectivity index (χ0) is 19.2. The molecule has 2 aromatic carbocycles. The summed E-state index contributed by atoms with van der Waals surface area (Å²) < 4.78 is 11.3. The van der Waals surface area contributed by atoms with Gasteiger partial charge in [0.1, 0.15) is 6.61 Å². The number of H-pyrrole nitrogens is 1. The number of fused-ring (bicyclic) bond motifs is 1. The summed E-state index contributed by atoms with van der Waals surface area (Å²) in [5.41, 5.74) is 2.66. The lowest BCUT2D eigenvalue weighted by Gasteiger charge is -2.17. The van der Waals surface area contributed by atoms with Crippen molar-refractivity contribution in [1.29, 1.82) is 0 Å². The molecule has 0 amide bonds. The summed E-state index contributed by atoms with van der Waals surface area (Å²) in [7, 11) is 0. The quantitative estimate of drug-likeness (QED) is 0.343. The summed E-state index contributed by atoms with van der Waals surface area (Å²) in [5, 5.41) is 12.3. The van der Waals surface area contributed by atoms with E-state index in [0.717, 1.165) is 22.0 Å². The third kappa shape index (κ3) is 4.11. The van der Waals surface area contributed by atoms with Crippen LogP contribution in [0.2, 0.25) is 0 Å². The van der Waals surface area contributed by atoms with Crippen LogP contribution in [0.1, 0.15) is 24.0 Å². The van der Waals surface area contributed by atoms with Gasteiger partial charge in [0.05, 0.1) is 12.5 Å². The second-order valence-electron chi connectivity index (χ2n) is 6.10. The van der Waals surface area contributed by atoms with Crippen LogP contribution in [-0.4, -0.2) is 29.7 Å². The third-order valence-corrected chi connectivity index (χ3v) is 4.35. The fourth-order valence-corrected chi connectivity index (χ4v) is 3.19. The van der Waals surface area contributed by atoms with E-state index in [2.05, 4.69) is 11.6 Å². The Hall–Kier alpha value is -3.28. The minimum atomic E-state index is -0.399. The van der Waals surface area contributed by atoms with Crippen molar-refractivity contribution in [2.75, 3.05) is 19.8 Å². The van der Waals surface area contributed by atoms with Crippen molar-refractivity contribution in [3.63, 3.8) is 0 Å². The molecule has 3 aromatic rings. The predicted octanol–water partition coefficient (Wildman–Crippen LogP) is 4.54. The van der Waals surface area contributed by atoms with Gasteiger partial charge in [-0.05, 0) is 36.2 Å². The average Bonchev–Trinajstić information content (AvgIpc) is 3.09. The number of hydrogen-bond donors (Lipinski definition) is 1. The van der Waals surface area contributed by atoms with E-state index >= 15 is 0 Å². The van der Waals surface area contributed by atoms with Gasteiger partial charge >= 0.3 is 0 Å². The van der Waals surface area contributed by atoms with Crippen LogP contribution in [0.4, 0.5) is 0 Å². The summed E-state index contributed by atoms with van der Waals surface area (Å²) in [6.07, 6.45) is 3.51. The molecule has 1 N–H and O–H groups in total. The van der Waals surface area contributed by atoms with Gasteiger partial charge in [0, 0.05) is 22.0 Å². The first-order valence-corrected chi connectivity index (χ1v) is 8.82. The van der Waals surface area contributed by atoms with Gasteiger partial charge in [-0.25, -0.2) is 0 Å². The molecule has 0 saturated heterocycles. The zero-order valence-electron chi connectivity index (χ0n) is 15.2. The molecule has 0 saturated carbocycles. The fraction of sp³-hybridized carbons (Fsp3) is 0.238. The molecule has 6 nitrogen and oxygen atoms in total. The van der Waals surface area contributed by atoms with Crippen LogP contribution in [0.15, 0.2) is 61.3 Å². The number of hydrogen-bond acceptors (Lipinski definition) is 4. The summed E-state index contributed by atoms with van der Waals surface area (Å²) in [5.74, 6) is 0.771. The average molecular weight is 366 g/mol. The Morgan fingerprint density at radius 3 is 2.78 bits per heavy atom. The SMILES string of the molecule is C=CCOc1ccc([C@@H](C[N+](=O)[O-])c2c[nH]c3ccccc23)cc1OCC. The van der Waals surface area contributed by atoms with Crippen LogP contribution < -0.4 is 9.47 Å². The second kappa shape index (κ2) is 8.40. The summed E-state index contributed by atoms with van der Waals surface area (Å²) >= 11 is 0. The Labute approximate surface area is 157 Å². The van der Waals surface area contributed by atoms with Crippen molar-refractivity contribution in [2.45, 2.75) is 12.8 Å². The highest BCUT2D eigenvalue weighted by Crippen LogP contribution is 2.36. The number of benzene rings is 2. The highest BCUT2D eigenvalue weighted by molar-refractivity contribution is 5.84. The predicted molar refractivity (Wildman–Crippen MR) is 105 cm³/mol. The molecule has 27 heavy (non-hydrogen) atoms. The minimum absolute atomic E-state index is 0.208. The highest BCUT2D eigenvalue weighted by atomic mass is 16.6. The lowest BCUT2D eigenvalue weighted by Crippen LogP contribution is -2.14. The molecular formula is C21H22N2O4. The number of aromatic amines is 1. The van der Waals surface area contributed by atoms with Gasteiger partial charge in [-0.15, -0.1) is 0 Å². The molecule has 1 atom stereocenters. The Morgan fingerprint density at radius 1 is 1.22 bits per heavy atom. The van der Waals surface area contributed by atoms with Crippen molar-refractivity contribution in [3.05, 3.63) is 82.6 Å². The second-order valence-corrected chi connectivity index (χ2v) is 6.10. The van der Waals surface area contributed by atoms with Crippen LogP contribution in [-0.2, 0) is 0 Å². The lowest BCUT2D eigenvalue weighted by molar-refractivity contribution is -0.481. The fourth-order valence-electron chi connectivity index (χ4n) is 3.19. The molecule has 1 heterocycles. The molecule has 0 spiro atoms. The largest absolute Gasteiger partial charge is 0.490 e. The van der Waals surface area contributed by atoms with Gasteiger partial charge in [-0.2, -0.15) is 0 Å². The van der Waals surface area contributed by atoms with Gasteiger partial charge < -0.3 is 14.5 Å². The first-order chi connectivity index (χ1) is 13.1. The highest BCUT2D eigenvalue weighted by Gasteiger charge is 2.24. The summed E-state index contributed by atoms with van der Waals surface area (Å²) in [6.45, 7) is 6.16. The maximum Gasteiger partial charge on any atom is 0.214 e. The normalized spacial score (nSPS) is 11.9. The van der Waals surface area contributed by atoms with Gasteiger partial charge in [0.2, 0.25) is 6.54 Å². The lowest BCUT2D eigenvalue weighted by atomic mass is 9.90. The van der Waals surface area contributed by atoms with Crippen molar-refractivity contribution in [1.82, 2.24) is 4.98 Å². The van der Waals surface area contributed by atoms with E-state index in [-0.39, 0.29) is 11.5 Å². The molecule has 0 bridgehead atoms. The molecule has 0 aliphatic heterocycles. The number of ether oxygens (including phenoxy) is 2. The minimum Gasteiger partial charge on any atom is -0.490 e. The molecule has 1 aromatic heterocycles. The molecule has 0 fully saturated rings. The molecule has 3 rings (SSSR count). The van der Waals surface area contributed by atoms with Gasteiger partial charge in [0.25, 0.3) is 0 Å². The van der Waals surface area contributed by atoms with E-state index in [1.807, 2.05) is 49.5 Å². The monoisotopic (exact) mass is 366 g/mol. The number of para-hydroxylation sites is 1. The smallest absolute Gasteiger partial charge is 0.214 e. The molecule has 140 valence electrons. The number of aromatic nitrogens is 1. The Kier molecular flexibility index (Phi) is 5.76. The molecule has 0 unspecified atom stereocenters. The van der Waals surface area contributed by atoms with Crippen LogP contribution >= 0.6 is 0 Å². The molecule has 6 heteroatoms. The van der Waals surface area contributed by atoms with Crippen molar-refractivity contribution >= 4 is 10.9 Å². The summed E-state index contributed by atoms with van der Waals surface area (Å²) in [6, 6.07) is 13.3. The van der Waals surface area contributed by atoms with Crippen molar-refractivity contribution in [2.24, 2.45) is 0 Å². The third-order valence-electron chi connectivity index (χ3n) is 4.35. The Balaban J connectivity index is 2.06. The maximum atomic E-state index is 11.4. The Bertz CT molecular complexity index is 948. The number of nitrogens with zero attached hydrogens (tertiary/aromatic N) is 1. The first kappa shape index (κ1) is 18.5. The summed E-state index contributed by atoms with van der Waals surface area (Å²) in [4.78, 5) is 14.3. The van der Waals surface area contributed by atoms with Crippen LogP contribution in [0.3, 0.4) is 0 Å². The molecular weight excluding hydrogens is 344 g/mol. The van der Waals surface area contributed by atoms with Crippen LogP contribution in [0.5, 0.6) is 11.5 Å². The standard InChI is InChI=1S/C21H22N2O4/c1-3-11-27-20-10-9-15(12-21(20)26-4-2)18(14-23(24)25)17-13-22-19-8-6-5-7-16(17)19/h3,5-10,12-13,18,22H,1,4,11,14H2,2H3/t18-/m1/s1. The number of nitro groups is 1. The van der Waals surface area contributed by atoms with E-state index in [1.165, 1.54) is 0 Å². The van der Waals surface area contributed by atoms with Crippen LogP contribution in [0.25, 0.3) is 10.9 Å². The Morgan fingerprint density at radius 2 is 2.04 bits per heavy atom. The first-order valence-electron chi connectivity index (χ1n) is 8.82.